The van der Waals surface area contributed by atoms with Crippen LogP contribution in [-0.2, 0) is 14.3 Å². The van der Waals surface area contributed by atoms with Gasteiger partial charge in [0.2, 0.25) is 0 Å². The fraction of sp³-hybridized carbons (Fsp3) is 0.200. The van der Waals surface area contributed by atoms with Crippen molar-refractivity contribution in [2.24, 2.45) is 0 Å². The van der Waals surface area contributed by atoms with Crippen molar-refractivity contribution in [3.8, 4) is 11.5 Å². The summed E-state index contributed by atoms with van der Waals surface area (Å²) in [7, 11) is 1.54. The molecule has 0 bridgehead atoms. The summed E-state index contributed by atoms with van der Waals surface area (Å²) in [5, 5.41) is 2.63. The van der Waals surface area contributed by atoms with Crippen LogP contribution in [0.1, 0.15) is 12.5 Å². The summed E-state index contributed by atoms with van der Waals surface area (Å²) in [5.41, 5.74) is 1.39. The van der Waals surface area contributed by atoms with E-state index in [1.165, 1.54) is 6.08 Å². The lowest BCUT2D eigenvalue weighted by Crippen LogP contribution is -2.20. The van der Waals surface area contributed by atoms with Gasteiger partial charge >= 0.3 is 5.97 Å². The van der Waals surface area contributed by atoms with E-state index >= 15 is 0 Å². The molecule has 0 spiro atoms. The van der Waals surface area contributed by atoms with Crippen LogP contribution in [0, 0.1) is 0 Å². The zero-order chi connectivity index (χ0) is 18.8. The van der Waals surface area contributed by atoms with Crippen LogP contribution in [0.5, 0.6) is 11.5 Å². The highest BCUT2D eigenvalue weighted by atomic mass is 16.5. The Morgan fingerprint density at radius 3 is 2.54 bits per heavy atom. The largest absolute Gasteiger partial charge is 0.497 e. The van der Waals surface area contributed by atoms with Crippen molar-refractivity contribution in [3.05, 3.63) is 60.2 Å². The first-order valence-electron chi connectivity index (χ1n) is 8.12. The molecule has 0 heterocycles. The maximum atomic E-state index is 11.8. The number of methoxy groups -OCH3 is 1. The second-order valence-corrected chi connectivity index (χ2v) is 5.22. The molecular weight excluding hydrogens is 334 g/mol. The summed E-state index contributed by atoms with van der Waals surface area (Å²) in [4.78, 5) is 23.5. The van der Waals surface area contributed by atoms with Gasteiger partial charge in [-0.25, -0.2) is 4.79 Å². The van der Waals surface area contributed by atoms with Gasteiger partial charge in [0.1, 0.15) is 11.5 Å². The minimum absolute atomic E-state index is 0.371. The number of hydrogen-bond donors (Lipinski definition) is 1. The van der Waals surface area contributed by atoms with Crippen molar-refractivity contribution < 1.29 is 23.8 Å². The number of benzene rings is 2. The Morgan fingerprint density at radius 1 is 1.08 bits per heavy atom. The number of anilines is 1. The quantitative estimate of drug-likeness (QED) is 0.581. The van der Waals surface area contributed by atoms with Crippen molar-refractivity contribution in [3.63, 3.8) is 0 Å². The van der Waals surface area contributed by atoms with Crippen LogP contribution in [0.2, 0.25) is 0 Å². The number of carbonyl (C=O) groups is 2. The van der Waals surface area contributed by atoms with E-state index < -0.39 is 11.9 Å². The molecule has 0 radical (unpaired) electrons. The molecule has 2 rings (SSSR count). The van der Waals surface area contributed by atoms with Crippen LogP contribution >= 0.6 is 0 Å². The molecule has 2 aromatic rings. The first-order chi connectivity index (χ1) is 12.6. The lowest BCUT2D eigenvalue weighted by Gasteiger charge is -2.07. The van der Waals surface area contributed by atoms with Gasteiger partial charge < -0.3 is 19.5 Å². The predicted octanol–water partition coefficient (Wildman–Crippen LogP) is 3.29. The summed E-state index contributed by atoms with van der Waals surface area (Å²) in [6.07, 6.45) is 2.88. The van der Waals surface area contributed by atoms with Crippen molar-refractivity contribution in [2.75, 3.05) is 25.6 Å². The van der Waals surface area contributed by atoms with Crippen LogP contribution in [0.25, 0.3) is 6.08 Å². The van der Waals surface area contributed by atoms with E-state index in [-0.39, 0.29) is 6.61 Å². The Kier molecular flexibility index (Phi) is 7.24. The second-order valence-electron chi connectivity index (χ2n) is 5.22. The second kappa shape index (κ2) is 9.88. The molecule has 26 heavy (non-hydrogen) atoms. The fourth-order valence-electron chi connectivity index (χ4n) is 2.09. The normalized spacial score (nSPS) is 10.4. The molecular formula is C20H21NO5. The number of carbonyl (C=O) groups excluding carboxylic acids is 2. The van der Waals surface area contributed by atoms with Gasteiger partial charge in [-0.1, -0.05) is 18.2 Å². The number of esters is 1. The third-order valence-electron chi connectivity index (χ3n) is 3.30. The lowest BCUT2D eigenvalue weighted by molar-refractivity contribution is -0.142. The van der Waals surface area contributed by atoms with Crippen molar-refractivity contribution in [2.45, 2.75) is 6.92 Å². The van der Waals surface area contributed by atoms with Gasteiger partial charge in [-0.3, -0.25) is 4.79 Å². The van der Waals surface area contributed by atoms with E-state index in [9.17, 15) is 9.59 Å². The molecule has 0 atom stereocenters. The maximum absolute atomic E-state index is 11.8. The average Bonchev–Trinajstić information content (AvgIpc) is 2.66. The molecule has 1 N–H and O–H groups in total. The van der Waals surface area contributed by atoms with Crippen LogP contribution < -0.4 is 14.8 Å². The number of amides is 1. The van der Waals surface area contributed by atoms with E-state index in [4.69, 9.17) is 14.2 Å². The van der Waals surface area contributed by atoms with Crippen molar-refractivity contribution in [1.29, 1.82) is 0 Å². The van der Waals surface area contributed by atoms with Crippen molar-refractivity contribution in [1.82, 2.24) is 0 Å². The Morgan fingerprint density at radius 2 is 1.85 bits per heavy atom. The molecule has 0 saturated carbocycles. The van der Waals surface area contributed by atoms with Gasteiger partial charge in [0.25, 0.3) is 5.91 Å². The first-order valence-corrected chi connectivity index (χ1v) is 8.12. The highest BCUT2D eigenvalue weighted by Gasteiger charge is 2.06. The van der Waals surface area contributed by atoms with Crippen molar-refractivity contribution >= 4 is 23.6 Å². The topological polar surface area (TPSA) is 73.9 Å². The minimum Gasteiger partial charge on any atom is -0.497 e. The van der Waals surface area contributed by atoms with E-state index in [0.717, 1.165) is 11.3 Å². The molecule has 6 nitrogen and oxygen atoms in total. The van der Waals surface area contributed by atoms with Gasteiger partial charge in [-0.15, -0.1) is 0 Å². The zero-order valence-electron chi connectivity index (χ0n) is 14.7. The highest BCUT2D eigenvalue weighted by Crippen LogP contribution is 2.16. The monoisotopic (exact) mass is 355 g/mol. The summed E-state index contributed by atoms with van der Waals surface area (Å²) < 4.78 is 15.3. The first kappa shape index (κ1) is 19.1. The van der Waals surface area contributed by atoms with E-state index in [2.05, 4.69) is 5.32 Å². The van der Waals surface area contributed by atoms with E-state index in [1.807, 2.05) is 31.2 Å². The minimum atomic E-state index is -0.598. The molecule has 0 saturated heterocycles. The van der Waals surface area contributed by atoms with E-state index in [0.29, 0.717) is 18.0 Å². The zero-order valence-corrected chi connectivity index (χ0v) is 14.7. The third-order valence-corrected chi connectivity index (χ3v) is 3.30. The van der Waals surface area contributed by atoms with Crippen LogP contribution in [-0.4, -0.2) is 32.2 Å². The standard InChI is InChI=1S/C20H21NO5/c1-3-25-17-10-7-15(8-11-17)9-12-20(23)26-14-19(22)21-16-5-4-6-18(13-16)24-2/h4-13H,3,14H2,1-2H3,(H,21,22). The molecule has 0 aromatic heterocycles. The Balaban J connectivity index is 1.79. The smallest absolute Gasteiger partial charge is 0.331 e. The van der Waals surface area contributed by atoms with Crippen LogP contribution in [0.3, 0.4) is 0 Å². The summed E-state index contributed by atoms with van der Waals surface area (Å²) in [5.74, 6) is 0.361. The SMILES string of the molecule is CCOc1ccc(C=CC(=O)OCC(=O)Nc2cccc(OC)c2)cc1. The fourth-order valence-corrected chi connectivity index (χ4v) is 2.09. The highest BCUT2D eigenvalue weighted by molar-refractivity contribution is 5.94. The molecule has 6 heteroatoms. The summed E-state index contributed by atoms with van der Waals surface area (Å²) in [6.45, 7) is 2.14. The summed E-state index contributed by atoms with van der Waals surface area (Å²) in [6, 6.07) is 14.2. The van der Waals surface area contributed by atoms with Gasteiger partial charge in [0.05, 0.1) is 13.7 Å². The van der Waals surface area contributed by atoms with Gasteiger partial charge in [-0.05, 0) is 42.8 Å². The summed E-state index contributed by atoms with van der Waals surface area (Å²) >= 11 is 0. The van der Waals surface area contributed by atoms with E-state index in [1.54, 1.807) is 37.5 Å². The number of rotatable bonds is 8. The van der Waals surface area contributed by atoms with Gasteiger partial charge in [-0.2, -0.15) is 0 Å². The predicted molar refractivity (Wildman–Crippen MR) is 99.2 cm³/mol. The average molecular weight is 355 g/mol. The third kappa shape index (κ3) is 6.32. The molecule has 0 unspecified atom stereocenters. The molecule has 136 valence electrons. The van der Waals surface area contributed by atoms with Gasteiger partial charge in [0, 0.05) is 17.8 Å². The molecule has 0 aliphatic heterocycles. The molecule has 0 fully saturated rings. The number of ether oxygens (including phenoxy) is 3. The lowest BCUT2D eigenvalue weighted by atomic mass is 10.2. The molecule has 2 aromatic carbocycles. The van der Waals surface area contributed by atoms with Gasteiger partial charge in [0.15, 0.2) is 6.61 Å². The Bertz CT molecular complexity index is 768. The molecule has 1 amide bonds. The Labute approximate surface area is 152 Å². The molecule has 0 aliphatic carbocycles. The maximum Gasteiger partial charge on any atom is 0.331 e. The van der Waals surface area contributed by atoms with Crippen LogP contribution in [0.15, 0.2) is 54.6 Å². The molecule has 0 aliphatic rings. The number of nitrogens with one attached hydrogen (secondary N) is 1. The Hall–Kier alpha value is -3.28. The number of hydrogen-bond acceptors (Lipinski definition) is 5. The van der Waals surface area contributed by atoms with Crippen LogP contribution in [0.4, 0.5) is 5.69 Å².